The monoisotopic (exact) mass is 395 g/mol. The minimum absolute atomic E-state index is 0.156. The lowest BCUT2D eigenvalue weighted by Gasteiger charge is -2.10. The second-order valence-corrected chi connectivity index (χ2v) is 5.87. The first kappa shape index (κ1) is 19.5. The molecule has 3 heterocycles. The number of fused-ring (bicyclic) bond motifs is 1. The highest BCUT2D eigenvalue weighted by atomic mass is 19.4. The van der Waals surface area contributed by atoms with Crippen LogP contribution in [0.3, 0.4) is 0 Å². The number of esters is 1. The van der Waals surface area contributed by atoms with E-state index < -0.39 is 18.8 Å². The van der Waals surface area contributed by atoms with Crippen molar-refractivity contribution < 1.29 is 27.4 Å². The molecule has 0 atom stereocenters. The molecule has 0 aromatic carbocycles. The van der Waals surface area contributed by atoms with E-state index in [2.05, 4.69) is 25.0 Å². The number of carbonyl (C=O) groups excluding carboxylic acids is 1. The molecule has 28 heavy (non-hydrogen) atoms. The van der Waals surface area contributed by atoms with Gasteiger partial charge in [-0.15, -0.1) is 10.2 Å². The fourth-order valence-corrected chi connectivity index (χ4v) is 2.50. The second-order valence-electron chi connectivity index (χ2n) is 5.87. The molecule has 0 saturated heterocycles. The van der Waals surface area contributed by atoms with Crippen LogP contribution in [0.5, 0.6) is 5.88 Å². The summed E-state index contributed by atoms with van der Waals surface area (Å²) in [5.74, 6) is -0.727. The number of ether oxygens (including phenoxy) is 2. The first-order chi connectivity index (χ1) is 13.3. The zero-order chi connectivity index (χ0) is 20.3. The van der Waals surface area contributed by atoms with Crippen molar-refractivity contribution in [3.63, 3.8) is 0 Å². The molecule has 11 heteroatoms. The molecule has 0 bridgehead atoms. The van der Waals surface area contributed by atoms with E-state index in [4.69, 9.17) is 4.74 Å². The number of pyridine rings is 1. The Kier molecular flexibility index (Phi) is 5.43. The van der Waals surface area contributed by atoms with Gasteiger partial charge in [0.1, 0.15) is 0 Å². The van der Waals surface area contributed by atoms with Gasteiger partial charge < -0.3 is 9.47 Å². The molecule has 0 radical (unpaired) electrons. The van der Waals surface area contributed by atoms with Crippen LogP contribution in [0.15, 0.2) is 24.5 Å². The highest BCUT2D eigenvalue weighted by molar-refractivity contribution is 6.01. The molecule has 0 aliphatic rings. The SMILES string of the molecule is CCOC(=O)c1nccc2nn(Cc3cc(C)c(OCC(F)(F)F)nn3)cc12. The summed E-state index contributed by atoms with van der Waals surface area (Å²) in [6, 6.07) is 3.22. The van der Waals surface area contributed by atoms with Crippen LogP contribution >= 0.6 is 0 Å². The van der Waals surface area contributed by atoms with Crippen LogP contribution in [0.2, 0.25) is 0 Å². The molecule has 0 unspecified atom stereocenters. The Balaban J connectivity index is 1.80. The van der Waals surface area contributed by atoms with E-state index in [0.717, 1.165) is 0 Å². The summed E-state index contributed by atoms with van der Waals surface area (Å²) in [7, 11) is 0. The normalized spacial score (nSPS) is 11.6. The molecular formula is C17H16F3N5O3. The summed E-state index contributed by atoms with van der Waals surface area (Å²) >= 11 is 0. The molecular weight excluding hydrogens is 379 g/mol. The second kappa shape index (κ2) is 7.79. The van der Waals surface area contributed by atoms with Crippen molar-refractivity contribution in [1.82, 2.24) is 25.0 Å². The van der Waals surface area contributed by atoms with E-state index in [1.54, 1.807) is 32.2 Å². The standard InChI is InChI=1S/C17H16F3N5O3/c1-3-27-16(26)14-12-8-25(24-13(12)4-5-21-14)7-11-6-10(2)15(23-22-11)28-9-17(18,19)20/h4-6,8H,3,7,9H2,1-2H3. The van der Waals surface area contributed by atoms with Gasteiger partial charge in [-0.1, -0.05) is 0 Å². The summed E-state index contributed by atoms with van der Waals surface area (Å²) in [5, 5.41) is 12.5. The first-order valence-corrected chi connectivity index (χ1v) is 8.29. The third-order valence-corrected chi connectivity index (χ3v) is 3.64. The molecule has 0 aliphatic carbocycles. The average molecular weight is 395 g/mol. The number of aromatic nitrogens is 5. The van der Waals surface area contributed by atoms with E-state index in [0.29, 0.717) is 22.2 Å². The molecule has 0 N–H and O–H groups in total. The summed E-state index contributed by atoms with van der Waals surface area (Å²) in [6.07, 6.45) is -1.37. The van der Waals surface area contributed by atoms with Crippen LogP contribution in [-0.4, -0.2) is 50.3 Å². The number of nitrogens with zero attached hydrogens (tertiary/aromatic N) is 5. The summed E-state index contributed by atoms with van der Waals surface area (Å²) in [6.45, 7) is 2.26. The first-order valence-electron chi connectivity index (χ1n) is 8.29. The van der Waals surface area contributed by atoms with Gasteiger partial charge in [-0.3, -0.25) is 4.68 Å². The Hall–Kier alpha value is -3.24. The van der Waals surface area contributed by atoms with Crippen molar-refractivity contribution in [3.05, 3.63) is 41.5 Å². The highest BCUT2D eigenvalue weighted by Crippen LogP contribution is 2.20. The van der Waals surface area contributed by atoms with Crippen molar-refractivity contribution in [2.75, 3.05) is 13.2 Å². The van der Waals surface area contributed by atoms with Gasteiger partial charge in [0.25, 0.3) is 0 Å². The molecule has 3 aromatic rings. The molecule has 3 aromatic heterocycles. The maximum atomic E-state index is 12.3. The number of hydrogen-bond donors (Lipinski definition) is 0. The number of hydrogen-bond acceptors (Lipinski definition) is 7. The molecule has 0 spiro atoms. The van der Waals surface area contributed by atoms with Crippen molar-refractivity contribution in [2.45, 2.75) is 26.6 Å². The number of alkyl halides is 3. The highest BCUT2D eigenvalue weighted by Gasteiger charge is 2.29. The van der Waals surface area contributed by atoms with Gasteiger partial charge in [-0.05, 0) is 26.0 Å². The Morgan fingerprint density at radius 1 is 1.29 bits per heavy atom. The third-order valence-electron chi connectivity index (χ3n) is 3.64. The predicted molar refractivity (Wildman–Crippen MR) is 90.9 cm³/mol. The number of aryl methyl sites for hydroxylation is 1. The third kappa shape index (κ3) is 4.53. The Bertz CT molecular complexity index is 1000. The zero-order valence-corrected chi connectivity index (χ0v) is 15.0. The van der Waals surface area contributed by atoms with E-state index in [1.165, 1.54) is 10.9 Å². The van der Waals surface area contributed by atoms with Crippen LogP contribution in [0.1, 0.15) is 28.7 Å². The van der Waals surface area contributed by atoms with Gasteiger partial charge >= 0.3 is 12.1 Å². The fourth-order valence-electron chi connectivity index (χ4n) is 2.50. The van der Waals surface area contributed by atoms with E-state index in [1.807, 2.05) is 0 Å². The molecule has 0 fully saturated rings. The molecule has 148 valence electrons. The molecule has 3 rings (SSSR count). The summed E-state index contributed by atoms with van der Waals surface area (Å²) in [4.78, 5) is 16.0. The van der Waals surface area contributed by atoms with Crippen LogP contribution in [-0.2, 0) is 11.3 Å². The molecule has 0 saturated carbocycles. The zero-order valence-electron chi connectivity index (χ0n) is 15.0. The topological polar surface area (TPSA) is 92.0 Å². The lowest BCUT2D eigenvalue weighted by Crippen LogP contribution is -2.20. The lowest BCUT2D eigenvalue weighted by atomic mass is 10.2. The Labute approximate surface area is 157 Å². The van der Waals surface area contributed by atoms with Crippen LogP contribution in [0.25, 0.3) is 10.9 Å². The van der Waals surface area contributed by atoms with Crippen molar-refractivity contribution in [1.29, 1.82) is 0 Å². The average Bonchev–Trinajstić information content (AvgIpc) is 3.02. The minimum Gasteiger partial charge on any atom is -0.467 e. The summed E-state index contributed by atoms with van der Waals surface area (Å²) in [5.41, 5.74) is 1.59. The van der Waals surface area contributed by atoms with E-state index in [9.17, 15) is 18.0 Å². The van der Waals surface area contributed by atoms with Gasteiger partial charge in [-0.2, -0.15) is 18.3 Å². The van der Waals surface area contributed by atoms with Gasteiger partial charge in [0.15, 0.2) is 12.3 Å². The van der Waals surface area contributed by atoms with Crippen LogP contribution in [0, 0.1) is 6.92 Å². The van der Waals surface area contributed by atoms with Crippen LogP contribution in [0.4, 0.5) is 13.2 Å². The van der Waals surface area contributed by atoms with Crippen molar-refractivity contribution in [2.24, 2.45) is 0 Å². The predicted octanol–water partition coefficient (Wildman–Crippen LogP) is 2.70. The van der Waals surface area contributed by atoms with Gasteiger partial charge in [-0.25, -0.2) is 9.78 Å². The number of rotatable bonds is 6. The number of halogens is 3. The maximum Gasteiger partial charge on any atom is 0.422 e. The van der Waals surface area contributed by atoms with Crippen molar-refractivity contribution in [3.8, 4) is 5.88 Å². The maximum absolute atomic E-state index is 12.3. The molecule has 8 nitrogen and oxygen atoms in total. The van der Waals surface area contributed by atoms with E-state index in [-0.39, 0.29) is 24.7 Å². The van der Waals surface area contributed by atoms with Crippen molar-refractivity contribution >= 4 is 16.9 Å². The largest absolute Gasteiger partial charge is 0.467 e. The fraction of sp³-hybridized carbons (Fsp3) is 0.353. The van der Waals surface area contributed by atoms with Gasteiger partial charge in [0.05, 0.1) is 29.7 Å². The lowest BCUT2D eigenvalue weighted by molar-refractivity contribution is -0.154. The minimum atomic E-state index is -4.45. The molecule has 0 aliphatic heterocycles. The summed E-state index contributed by atoms with van der Waals surface area (Å²) < 4.78 is 47.9. The van der Waals surface area contributed by atoms with Gasteiger partial charge in [0.2, 0.25) is 5.88 Å². The van der Waals surface area contributed by atoms with E-state index >= 15 is 0 Å². The van der Waals surface area contributed by atoms with Crippen LogP contribution < -0.4 is 4.74 Å². The molecule has 0 amide bonds. The smallest absolute Gasteiger partial charge is 0.422 e. The quantitative estimate of drug-likeness (QED) is 0.593. The Morgan fingerprint density at radius 3 is 2.75 bits per heavy atom. The Morgan fingerprint density at radius 2 is 2.07 bits per heavy atom. The number of carbonyl (C=O) groups is 1. The van der Waals surface area contributed by atoms with Gasteiger partial charge in [0, 0.05) is 18.0 Å².